The van der Waals surface area contributed by atoms with Crippen LogP contribution in [0.5, 0.6) is 0 Å². The number of urea groups is 1. The van der Waals surface area contributed by atoms with Gasteiger partial charge in [-0.15, -0.1) is 0 Å². The fourth-order valence-corrected chi connectivity index (χ4v) is 9.25. The van der Waals surface area contributed by atoms with Crippen molar-refractivity contribution in [1.29, 1.82) is 0 Å². The van der Waals surface area contributed by atoms with Crippen LogP contribution in [0.3, 0.4) is 0 Å². The van der Waals surface area contributed by atoms with Gasteiger partial charge in [-0.1, -0.05) is 18.6 Å². The van der Waals surface area contributed by atoms with Gasteiger partial charge in [0.25, 0.3) is 0 Å². The van der Waals surface area contributed by atoms with E-state index in [9.17, 15) is 4.79 Å². The van der Waals surface area contributed by atoms with Gasteiger partial charge < -0.3 is 14.7 Å². The summed E-state index contributed by atoms with van der Waals surface area (Å²) in [6.45, 7) is 6.42. The lowest BCUT2D eigenvalue weighted by Gasteiger charge is -2.58. The summed E-state index contributed by atoms with van der Waals surface area (Å²) in [6, 6.07) is 1.29. The molecule has 0 radical (unpaired) electrons. The molecule has 0 aromatic rings. The Morgan fingerprint density at radius 2 is 1.80 bits per heavy atom. The lowest BCUT2D eigenvalue weighted by atomic mass is 9.47. The van der Waals surface area contributed by atoms with Crippen LogP contribution in [0, 0.1) is 34.5 Å². The minimum atomic E-state index is 0.147. The van der Waals surface area contributed by atoms with Crippen molar-refractivity contribution in [2.75, 3.05) is 34.7 Å². The van der Waals surface area contributed by atoms with E-state index in [1.165, 1.54) is 45.1 Å². The highest BCUT2D eigenvalue weighted by Crippen LogP contribution is 2.68. The SMILES string of the molecule is C[C@H]1C2CC[C@H]3[C@@H]4CC=C5C[C@@H](N(C)C(=O)N(C)C)CC[C@]5(C)C4CC[C@]23CN1C. The summed E-state index contributed by atoms with van der Waals surface area (Å²) >= 11 is 0. The monoisotopic (exact) mass is 413 g/mol. The summed E-state index contributed by atoms with van der Waals surface area (Å²) in [4.78, 5) is 18.9. The predicted molar refractivity (Wildman–Crippen MR) is 122 cm³/mol. The molecule has 1 aliphatic heterocycles. The van der Waals surface area contributed by atoms with E-state index < -0.39 is 0 Å². The number of nitrogens with zero attached hydrogens (tertiary/aromatic N) is 3. The van der Waals surface area contributed by atoms with Gasteiger partial charge in [0.1, 0.15) is 0 Å². The Kier molecular flexibility index (Phi) is 4.85. The van der Waals surface area contributed by atoms with Crippen molar-refractivity contribution < 1.29 is 4.79 Å². The first-order valence-electron chi connectivity index (χ1n) is 12.5. The van der Waals surface area contributed by atoms with Crippen LogP contribution in [0.15, 0.2) is 11.6 Å². The van der Waals surface area contributed by atoms with Crippen LogP contribution in [-0.2, 0) is 0 Å². The van der Waals surface area contributed by atoms with Crippen LogP contribution in [0.4, 0.5) is 4.79 Å². The van der Waals surface area contributed by atoms with Crippen molar-refractivity contribution in [3.05, 3.63) is 11.6 Å². The van der Waals surface area contributed by atoms with Crippen LogP contribution in [-0.4, -0.2) is 67.5 Å². The molecule has 8 atom stereocenters. The fourth-order valence-electron chi connectivity index (χ4n) is 9.25. The van der Waals surface area contributed by atoms with E-state index in [0.29, 0.717) is 16.9 Å². The molecule has 0 aromatic carbocycles. The second-order valence-corrected chi connectivity index (χ2v) is 12.1. The number of carbonyl (C=O) groups excluding carboxylic acids is 1. The molecule has 5 rings (SSSR count). The van der Waals surface area contributed by atoms with Gasteiger partial charge >= 0.3 is 6.03 Å². The fraction of sp³-hybridized carbons (Fsp3) is 0.885. The van der Waals surface area contributed by atoms with E-state index in [0.717, 1.165) is 42.6 Å². The van der Waals surface area contributed by atoms with E-state index in [1.54, 1.807) is 10.5 Å². The Morgan fingerprint density at radius 1 is 1.07 bits per heavy atom. The minimum absolute atomic E-state index is 0.147. The number of carbonyl (C=O) groups is 1. The van der Waals surface area contributed by atoms with Gasteiger partial charge in [-0.05, 0) is 99.8 Å². The molecule has 4 aliphatic carbocycles. The standard InChI is InChI=1S/C26H43N3O/c1-17-21-9-10-23-20-8-7-18-15-19(29(6)24(30)27(3)4)11-13-25(18,2)22(20)12-14-26(21,23)16-28(17)5/h7,17,19-23H,8-16H2,1-6H3/t17-,19-,20+,21?,22?,23-,25-,26-/m0/s1. The van der Waals surface area contributed by atoms with Crippen LogP contribution in [0.2, 0.25) is 0 Å². The summed E-state index contributed by atoms with van der Waals surface area (Å²) in [6.07, 6.45) is 13.3. The van der Waals surface area contributed by atoms with Gasteiger partial charge in [0, 0.05) is 39.8 Å². The Labute approximate surface area is 184 Å². The van der Waals surface area contributed by atoms with E-state index in [2.05, 4.69) is 31.9 Å². The molecule has 0 bridgehead atoms. The molecule has 168 valence electrons. The summed E-state index contributed by atoms with van der Waals surface area (Å²) in [7, 11) is 8.10. The van der Waals surface area contributed by atoms with E-state index in [4.69, 9.17) is 0 Å². The zero-order valence-electron chi connectivity index (χ0n) is 20.2. The quantitative estimate of drug-likeness (QED) is 0.574. The molecular formula is C26H43N3O. The smallest absolute Gasteiger partial charge is 0.319 e. The highest BCUT2D eigenvalue weighted by Gasteiger charge is 2.64. The molecule has 4 nitrogen and oxygen atoms in total. The average molecular weight is 414 g/mol. The maximum Gasteiger partial charge on any atom is 0.319 e. The second-order valence-electron chi connectivity index (χ2n) is 12.1. The summed E-state index contributed by atoms with van der Waals surface area (Å²) in [5, 5.41) is 0. The minimum Gasteiger partial charge on any atom is -0.331 e. The van der Waals surface area contributed by atoms with Crippen molar-refractivity contribution in [3.63, 3.8) is 0 Å². The number of hydrogen-bond donors (Lipinski definition) is 0. The van der Waals surface area contributed by atoms with Gasteiger partial charge in [0.05, 0.1) is 0 Å². The largest absolute Gasteiger partial charge is 0.331 e. The number of allylic oxidation sites excluding steroid dienone is 1. The zero-order chi connectivity index (χ0) is 21.4. The van der Waals surface area contributed by atoms with Gasteiger partial charge in [0.2, 0.25) is 0 Å². The van der Waals surface area contributed by atoms with Gasteiger partial charge in [-0.25, -0.2) is 4.79 Å². The maximum atomic E-state index is 12.5. The van der Waals surface area contributed by atoms with Crippen LogP contribution < -0.4 is 0 Å². The molecule has 5 aliphatic rings. The number of rotatable bonds is 1. The number of hydrogen-bond acceptors (Lipinski definition) is 2. The summed E-state index contributed by atoms with van der Waals surface area (Å²) < 4.78 is 0. The Hall–Kier alpha value is -1.03. The number of likely N-dealkylation sites (tertiary alicyclic amines) is 1. The van der Waals surface area contributed by atoms with Crippen molar-refractivity contribution in [3.8, 4) is 0 Å². The average Bonchev–Trinajstić information content (AvgIpc) is 3.20. The molecule has 30 heavy (non-hydrogen) atoms. The topological polar surface area (TPSA) is 26.8 Å². The molecule has 2 unspecified atom stereocenters. The molecule has 1 heterocycles. The number of fused-ring (bicyclic) bond motifs is 4. The van der Waals surface area contributed by atoms with Gasteiger partial charge in [0.15, 0.2) is 0 Å². The third kappa shape index (κ3) is 2.71. The third-order valence-electron chi connectivity index (χ3n) is 10.9. The lowest BCUT2D eigenvalue weighted by Crippen LogP contribution is -2.53. The third-order valence-corrected chi connectivity index (χ3v) is 10.9. The summed E-state index contributed by atoms with van der Waals surface area (Å²) in [5.74, 6) is 3.64. The second kappa shape index (κ2) is 6.98. The molecule has 1 saturated heterocycles. The maximum absolute atomic E-state index is 12.5. The Morgan fingerprint density at radius 3 is 2.53 bits per heavy atom. The van der Waals surface area contributed by atoms with E-state index >= 15 is 0 Å². The molecule has 0 N–H and O–H groups in total. The number of amides is 2. The highest BCUT2D eigenvalue weighted by molar-refractivity contribution is 5.73. The van der Waals surface area contributed by atoms with Crippen molar-refractivity contribution >= 4 is 6.03 Å². The zero-order valence-corrected chi connectivity index (χ0v) is 20.2. The highest BCUT2D eigenvalue weighted by atomic mass is 16.2. The van der Waals surface area contributed by atoms with Crippen molar-refractivity contribution in [1.82, 2.24) is 14.7 Å². The predicted octanol–water partition coefficient (Wildman–Crippen LogP) is 4.86. The Balaban J connectivity index is 1.38. The summed E-state index contributed by atoms with van der Waals surface area (Å²) in [5.41, 5.74) is 2.67. The normalized spacial score (nSPS) is 47.6. The molecule has 2 amide bonds. The van der Waals surface area contributed by atoms with Crippen LogP contribution in [0.25, 0.3) is 0 Å². The molecule has 0 aromatic heterocycles. The molecule has 4 heteroatoms. The van der Waals surface area contributed by atoms with Gasteiger partial charge in [-0.3, -0.25) is 0 Å². The van der Waals surface area contributed by atoms with Crippen LogP contribution in [0.1, 0.15) is 65.2 Å². The van der Waals surface area contributed by atoms with Crippen molar-refractivity contribution in [2.45, 2.75) is 77.3 Å². The molecule has 4 fully saturated rings. The first-order valence-corrected chi connectivity index (χ1v) is 12.5. The van der Waals surface area contributed by atoms with E-state index in [-0.39, 0.29) is 6.03 Å². The van der Waals surface area contributed by atoms with E-state index in [1.807, 2.05) is 26.0 Å². The van der Waals surface area contributed by atoms with Crippen molar-refractivity contribution in [2.24, 2.45) is 34.5 Å². The lowest BCUT2D eigenvalue weighted by molar-refractivity contribution is -0.0428. The molecular weight excluding hydrogens is 370 g/mol. The van der Waals surface area contributed by atoms with Gasteiger partial charge in [-0.2, -0.15) is 0 Å². The first-order chi connectivity index (χ1) is 14.2. The molecule has 3 saturated carbocycles. The van der Waals surface area contributed by atoms with Crippen LogP contribution >= 0.6 is 0 Å². The Bertz CT molecular complexity index is 747. The first kappa shape index (κ1) is 20.8. The molecule has 1 spiro atoms.